The zero-order valence-electron chi connectivity index (χ0n) is 12.5. The maximum atomic E-state index is 12.4. The van der Waals surface area contributed by atoms with E-state index in [1.165, 1.54) is 12.8 Å². The van der Waals surface area contributed by atoms with Crippen LogP contribution in [0.2, 0.25) is 0 Å². The topological polar surface area (TPSA) is 78.4 Å². The Kier molecular flexibility index (Phi) is 4.48. The van der Waals surface area contributed by atoms with Gasteiger partial charge < -0.3 is 15.7 Å². The SMILES string of the molecule is O=C(O)C1C2CCC(C2)C1C(=O)NCCC1CCNCC1. The van der Waals surface area contributed by atoms with E-state index >= 15 is 0 Å². The Bertz CT molecular complexity index is 406. The van der Waals surface area contributed by atoms with Crippen molar-refractivity contribution in [3.63, 3.8) is 0 Å². The molecule has 1 saturated heterocycles. The Morgan fingerprint density at radius 2 is 1.71 bits per heavy atom. The summed E-state index contributed by atoms with van der Waals surface area (Å²) >= 11 is 0. The molecule has 4 unspecified atom stereocenters. The molecule has 0 spiro atoms. The van der Waals surface area contributed by atoms with Gasteiger partial charge in [0.25, 0.3) is 0 Å². The number of rotatable bonds is 5. The van der Waals surface area contributed by atoms with E-state index in [9.17, 15) is 14.7 Å². The zero-order chi connectivity index (χ0) is 14.8. The third kappa shape index (κ3) is 3.07. The summed E-state index contributed by atoms with van der Waals surface area (Å²) < 4.78 is 0. The molecule has 0 radical (unpaired) electrons. The van der Waals surface area contributed by atoms with Crippen molar-refractivity contribution in [2.45, 2.75) is 38.5 Å². The highest BCUT2D eigenvalue weighted by molar-refractivity contribution is 5.86. The second-order valence-corrected chi connectivity index (χ2v) is 7.00. The molecule has 1 aliphatic heterocycles. The van der Waals surface area contributed by atoms with Crippen molar-refractivity contribution >= 4 is 11.9 Å². The average molecular weight is 294 g/mol. The number of hydrogen-bond acceptors (Lipinski definition) is 3. The minimum Gasteiger partial charge on any atom is -0.481 e. The van der Waals surface area contributed by atoms with Gasteiger partial charge in [-0.25, -0.2) is 0 Å². The molecular formula is C16H26N2O3. The van der Waals surface area contributed by atoms with Crippen LogP contribution in [0.15, 0.2) is 0 Å². The normalized spacial score (nSPS) is 35.8. The first kappa shape index (κ1) is 14.8. The van der Waals surface area contributed by atoms with Gasteiger partial charge in [0.1, 0.15) is 0 Å². The molecule has 3 fully saturated rings. The Morgan fingerprint density at radius 1 is 1.05 bits per heavy atom. The fraction of sp³-hybridized carbons (Fsp3) is 0.875. The minimum atomic E-state index is -0.777. The first-order valence-electron chi connectivity index (χ1n) is 8.38. The van der Waals surface area contributed by atoms with Crippen molar-refractivity contribution in [2.24, 2.45) is 29.6 Å². The second-order valence-electron chi connectivity index (χ2n) is 7.00. The molecule has 21 heavy (non-hydrogen) atoms. The highest BCUT2D eigenvalue weighted by atomic mass is 16.4. The van der Waals surface area contributed by atoms with E-state index in [2.05, 4.69) is 10.6 Å². The minimum absolute atomic E-state index is 0.0106. The van der Waals surface area contributed by atoms with Gasteiger partial charge in [0, 0.05) is 6.54 Å². The molecule has 1 heterocycles. The number of carbonyl (C=O) groups is 2. The van der Waals surface area contributed by atoms with Crippen LogP contribution in [0.5, 0.6) is 0 Å². The number of amides is 1. The molecule has 118 valence electrons. The fourth-order valence-electron chi connectivity index (χ4n) is 4.71. The largest absolute Gasteiger partial charge is 0.481 e. The number of piperidine rings is 1. The standard InChI is InChI=1S/C16H26N2O3/c19-15(18-8-5-10-3-6-17-7-4-10)13-11-1-2-12(9-11)14(13)16(20)21/h10-14,17H,1-9H2,(H,18,19)(H,20,21). The molecule has 2 saturated carbocycles. The lowest BCUT2D eigenvalue weighted by atomic mass is 9.78. The van der Waals surface area contributed by atoms with Gasteiger partial charge in [-0.05, 0) is 69.4 Å². The Morgan fingerprint density at radius 3 is 2.38 bits per heavy atom. The molecule has 2 bridgehead atoms. The van der Waals surface area contributed by atoms with Crippen LogP contribution in [0.25, 0.3) is 0 Å². The summed E-state index contributed by atoms with van der Waals surface area (Å²) in [5, 5.41) is 15.8. The van der Waals surface area contributed by atoms with E-state index in [4.69, 9.17) is 0 Å². The number of nitrogens with one attached hydrogen (secondary N) is 2. The maximum absolute atomic E-state index is 12.4. The number of fused-ring (bicyclic) bond motifs is 2. The number of carboxylic acid groups (broad SMARTS) is 1. The van der Waals surface area contributed by atoms with Gasteiger partial charge >= 0.3 is 5.97 Å². The smallest absolute Gasteiger partial charge is 0.307 e. The van der Waals surface area contributed by atoms with E-state index in [0.717, 1.165) is 38.8 Å². The van der Waals surface area contributed by atoms with Crippen LogP contribution in [-0.4, -0.2) is 36.6 Å². The van der Waals surface area contributed by atoms with E-state index in [0.29, 0.717) is 18.4 Å². The molecule has 2 aliphatic carbocycles. The lowest BCUT2D eigenvalue weighted by Crippen LogP contribution is -2.42. The van der Waals surface area contributed by atoms with E-state index < -0.39 is 11.9 Å². The van der Waals surface area contributed by atoms with Gasteiger partial charge in [-0.2, -0.15) is 0 Å². The van der Waals surface area contributed by atoms with Gasteiger partial charge in [-0.3, -0.25) is 9.59 Å². The molecule has 1 amide bonds. The van der Waals surface area contributed by atoms with Gasteiger partial charge in [0.05, 0.1) is 11.8 Å². The Hall–Kier alpha value is -1.10. The van der Waals surface area contributed by atoms with Crippen LogP contribution in [0, 0.1) is 29.6 Å². The predicted molar refractivity (Wildman–Crippen MR) is 78.7 cm³/mol. The van der Waals surface area contributed by atoms with Gasteiger partial charge in [0.15, 0.2) is 0 Å². The molecule has 0 aromatic rings. The van der Waals surface area contributed by atoms with Crippen LogP contribution >= 0.6 is 0 Å². The van der Waals surface area contributed by atoms with E-state index in [1.807, 2.05) is 0 Å². The molecule has 5 nitrogen and oxygen atoms in total. The summed E-state index contributed by atoms with van der Waals surface area (Å²) in [6, 6.07) is 0. The lowest BCUT2D eigenvalue weighted by Gasteiger charge is -2.27. The Balaban J connectivity index is 1.49. The average Bonchev–Trinajstić information content (AvgIpc) is 3.08. The highest BCUT2D eigenvalue weighted by Gasteiger charge is 2.53. The molecule has 0 aromatic carbocycles. The van der Waals surface area contributed by atoms with Crippen LogP contribution < -0.4 is 10.6 Å². The van der Waals surface area contributed by atoms with Crippen LogP contribution in [-0.2, 0) is 9.59 Å². The zero-order valence-corrected chi connectivity index (χ0v) is 12.5. The summed E-state index contributed by atoms with van der Waals surface area (Å²) in [6.07, 6.45) is 6.33. The number of carboxylic acids is 1. The van der Waals surface area contributed by atoms with Crippen molar-refractivity contribution in [3.05, 3.63) is 0 Å². The van der Waals surface area contributed by atoms with Crippen LogP contribution in [0.1, 0.15) is 38.5 Å². The predicted octanol–water partition coefficient (Wildman–Crippen LogP) is 1.24. The van der Waals surface area contributed by atoms with Crippen molar-refractivity contribution in [2.75, 3.05) is 19.6 Å². The number of aliphatic carboxylic acids is 1. The van der Waals surface area contributed by atoms with Gasteiger partial charge in [-0.1, -0.05) is 0 Å². The second kappa shape index (κ2) is 6.34. The third-order valence-electron chi connectivity index (χ3n) is 5.81. The quantitative estimate of drug-likeness (QED) is 0.713. The number of hydrogen-bond donors (Lipinski definition) is 3. The fourth-order valence-corrected chi connectivity index (χ4v) is 4.71. The summed E-state index contributed by atoms with van der Waals surface area (Å²) in [6.45, 7) is 2.85. The Labute approximate surface area is 125 Å². The third-order valence-corrected chi connectivity index (χ3v) is 5.81. The molecule has 3 N–H and O–H groups in total. The number of carbonyl (C=O) groups excluding carboxylic acids is 1. The highest BCUT2D eigenvalue weighted by Crippen LogP contribution is 2.52. The van der Waals surface area contributed by atoms with Gasteiger partial charge in [-0.15, -0.1) is 0 Å². The van der Waals surface area contributed by atoms with Crippen molar-refractivity contribution in [1.29, 1.82) is 0 Å². The van der Waals surface area contributed by atoms with Crippen LogP contribution in [0.4, 0.5) is 0 Å². The molecule has 0 aromatic heterocycles. The lowest BCUT2D eigenvalue weighted by molar-refractivity contribution is -0.149. The first-order valence-corrected chi connectivity index (χ1v) is 8.38. The molecule has 4 atom stereocenters. The van der Waals surface area contributed by atoms with Crippen molar-refractivity contribution in [1.82, 2.24) is 10.6 Å². The summed E-state index contributed by atoms with van der Waals surface area (Å²) in [4.78, 5) is 23.8. The van der Waals surface area contributed by atoms with Crippen molar-refractivity contribution in [3.8, 4) is 0 Å². The summed E-state index contributed by atoms with van der Waals surface area (Å²) in [7, 11) is 0. The van der Waals surface area contributed by atoms with Gasteiger partial charge in [0.2, 0.25) is 5.91 Å². The molecule has 3 rings (SSSR count). The molecule has 5 heteroatoms. The molecular weight excluding hydrogens is 268 g/mol. The maximum Gasteiger partial charge on any atom is 0.307 e. The van der Waals surface area contributed by atoms with E-state index in [1.54, 1.807) is 0 Å². The summed E-state index contributed by atoms with van der Waals surface area (Å²) in [5.41, 5.74) is 0. The molecule has 3 aliphatic rings. The first-order chi connectivity index (χ1) is 10.2. The monoisotopic (exact) mass is 294 g/mol. The van der Waals surface area contributed by atoms with Crippen LogP contribution in [0.3, 0.4) is 0 Å². The van der Waals surface area contributed by atoms with E-state index in [-0.39, 0.29) is 17.7 Å². The summed E-state index contributed by atoms with van der Waals surface area (Å²) in [5.74, 6) is -0.286. The van der Waals surface area contributed by atoms with Crippen molar-refractivity contribution < 1.29 is 14.7 Å².